The lowest BCUT2D eigenvalue weighted by atomic mass is 9.88. The number of nitriles is 1. The van der Waals surface area contributed by atoms with Crippen molar-refractivity contribution in [1.82, 2.24) is 10.6 Å². The highest BCUT2D eigenvalue weighted by Gasteiger charge is 2.29. The van der Waals surface area contributed by atoms with Gasteiger partial charge < -0.3 is 15.4 Å². The molecule has 2 rings (SSSR count). The van der Waals surface area contributed by atoms with E-state index in [1.807, 2.05) is 58.9 Å². The van der Waals surface area contributed by atoms with Gasteiger partial charge in [-0.3, -0.25) is 9.59 Å². The van der Waals surface area contributed by atoms with E-state index in [1.54, 1.807) is 44.2 Å². The Morgan fingerprint density at radius 2 is 1.67 bits per heavy atom. The molecule has 0 aliphatic carbocycles. The van der Waals surface area contributed by atoms with E-state index in [0.717, 1.165) is 5.56 Å². The van der Waals surface area contributed by atoms with Gasteiger partial charge in [0.25, 0.3) is 5.91 Å². The van der Waals surface area contributed by atoms with Gasteiger partial charge in [0.05, 0.1) is 17.2 Å². The summed E-state index contributed by atoms with van der Waals surface area (Å²) in [6, 6.07) is 16.6. The van der Waals surface area contributed by atoms with Crippen molar-refractivity contribution in [2.75, 3.05) is 0 Å². The van der Waals surface area contributed by atoms with Gasteiger partial charge in [-0.2, -0.15) is 5.26 Å². The van der Waals surface area contributed by atoms with Crippen molar-refractivity contribution >= 4 is 17.9 Å². The maximum atomic E-state index is 12.8. The first-order valence-electron chi connectivity index (χ1n) is 10.9. The average Bonchev–Trinajstić information content (AvgIpc) is 2.72. The molecule has 2 N–H and O–H groups in total. The molecule has 1 atom stereocenters. The molecule has 6 nitrogen and oxygen atoms in total. The fourth-order valence-electron chi connectivity index (χ4n) is 3.25. The number of para-hydroxylation sites is 1. The van der Waals surface area contributed by atoms with Crippen LogP contribution in [0.2, 0.25) is 0 Å². The summed E-state index contributed by atoms with van der Waals surface area (Å²) in [7, 11) is 0. The minimum absolute atomic E-state index is 0.159. The number of amides is 2. The van der Waals surface area contributed by atoms with Gasteiger partial charge in [0, 0.05) is 11.1 Å². The molecule has 0 fully saturated rings. The van der Waals surface area contributed by atoms with Gasteiger partial charge in [-0.05, 0) is 89.9 Å². The van der Waals surface area contributed by atoms with Gasteiger partial charge >= 0.3 is 0 Å². The summed E-state index contributed by atoms with van der Waals surface area (Å²) in [5, 5.41) is 15.6. The molecule has 1 unspecified atom stereocenters. The van der Waals surface area contributed by atoms with Gasteiger partial charge in [-0.15, -0.1) is 0 Å². The summed E-state index contributed by atoms with van der Waals surface area (Å²) < 4.78 is 5.73. The van der Waals surface area contributed by atoms with Crippen molar-refractivity contribution in [2.24, 2.45) is 0 Å². The molecule has 0 aliphatic rings. The Labute approximate surface area is 196 Å². The Hall–Kier alpha value is -3.59. The quantitative estimate of drug-likeness (QED) is 0.602. The van der Waals surface area contributed by atoms with E-state index in [0.29, 0.717) is 22.4 Å². The van der Waals surface area contributed by atoms with Crippen LogP contribution in [-0.2, 0) is 15.1 Å². The third-order valence-corrected chi connectivity index (χ3v) is 4.93. The lowest BCUT2D eigenvalue weighted by Gasteiger charge is -2.29. The molecule has 0 aromatic heterocycles. The molecule has 0 bridgehead atoms. The summed E-state index contributed by atoms with van der Waals surface area (Å²) in [6.45, 7) is 12.9. The zero-order valence-corrected chi connectivity index (χ0v) is 20.4. The third kappa shape index (κ3) is 7.50. The van der Waals surface area contributed by atoms with Crippen molar-refractivity contribution in [2.45, 2.75) is 65.6 Å². The number of hydrogen-bond donors (Lipinski definition) is 2. The first-order chi connectivity index (χ1) is 15.3. The maximum Gasteiger partial charge on any atom is 0.261 e. The Kier molecular flexibility index (Phi) is 8.05. The summed E-state index contributed by atoms with van der Waals surface area (Å²) in [5.41, 5.74) is 1.23. The van der Waals surface area contributed by atoms with E-state index < -0.39 is 11.6 Å². The highest BCUT2D eigenvalue weighted by atomic mass is 16.5. The summed E-state index contributed by atoms with van der Waals surface area (Å²) in [6.07, 6.45) is 1.05. The van der Waals surface area contributed by atoms with Gasteiger partial charge in [0.2, 0.25) is 5.91 Å². The predicted molar refractivity (Wildman–Crippen MR) is 130 cm³/mol. The zero-order chi connectivity index (χ0) is 24.8. The first-order valence-corrected chi connectivity index (χ1v) is 10.9. The highest BCUT2D eigenvalue weighted by Crippen LogP contribution is 2.26. The summed E-state index contributed by atoms with van der Waals surface area (Å²) in [4.78, 5) is 25.3. The number of carbonyl (C=O) groups is 2. The molecule has 0 spiro atoms. The van der Waals surface area contributed by atoms with Crippen LogP contribution in [0.1, 0.15) is 65.2 Å². The smallest absolute Gasteiger partial charge is 0.261 e. The van der Waals surface area contributed by atoms with Crippen molar-refractivity contribution in [3.05, 3.63) is 70.8 Å². The minimum Gasteiger partial charge on any atom is -0.481 e. The second-order valence-corrected chi connectivity index (χ2v) is 9.64. The van der Waals surface area contributed by atoms with E-state index in [4.69, 9.17) is 4.74 Å². The number of benzene rings is 2. The molecular formula is C27H33N3O3. The number of nitrogens with one attached hydrogen (secondary N) is 2. The average molecular weight is 448 g/mol. The molecule has 174 valence electrons. The van der Waals surface area contributed by atoms with Crippen molar-refractivity contribution in [1.29, 1.82) is 5.26 Å². The number of nitrogens with zero attached hydrogens (tertiary/aromatic N) is 1. The monoisotopic (exact) mass is 447 g/mol. The normalized spacial score (nSPS) is 13.0. The standard InChI is InChI=1S/C27H33N3O3/c1-18(24(31)29-26(3,4)5)15-20-13-14-21(17-28)23(16-20)27(6,7)30-25(32)19(2)33-22-11-9-8-10-12-22/h8-16,19H,1-7H3,(H,29,31)(H,30,32)/b18-15-. The minimum atomic E-state index is -0.845. The molecule has 2 aromatic carbocycles. The third-order valence-electron chi connectivity index (χ3n) is 4.93. The van der Waals surface area contributed by atoms with Gasteiger partial charge in [0.15, 0.2) is 6.10 Å². The van der Waals surface area contributed by atoms with Crippen LogP contribution in [0.25, 0.3) is 6.08 Å². The van der Waals surface area contributed by atoms with Crippen LogP contribution in [0.5, 0.6) is 5.75 Å². The second-order valence-electron chi connectivity index (χ2n) is 9.64. The van der Waals surface area contributed by atoms with Crippen LogP contribution in [0.3, 0.4) is 0 Å². The number of rotatable bonds is 7. The molecule has 0 radical (unpaired) electrons. The van der Waals surface area contributed by atoms with E-state index >= 15 is 0 Å². The molecule has 0 aliphatic heterocycles. The maximum absolute atomic E-state index is 12.8. The van der Waals surface area contributed by atoms with Crippen molar-refractivity contribution < 1.29 is 14.3 Å². The Bertz CT molecular complexity index is 1070. The molecule has 33 heavy (non-hydrogen) atoms. The van der Waals surface area contributed by atoms with Crippen LogP contribution in [0.4, 0.5) is 0 Å². The van der Waals surface area contributed by atoms with E-state index in [2.05, 4.69) is 16.7 Å². The lowest BCUT2D eigenvalue weighted by Crippen LogP contribution is -2.47. The Morgan fingerprint density at radius 1 is 1.03 bits per heavy atom. The van der Waals surface area contributed by atoms with Crippen LogP contribution in [0, 0.1) is 11.3 Å². The molecule has 2 amide bonds. The van der Waals surface area contributed by atoms with Crippen LogP contribution in [-0.4, -0.2) is 23.5 Å². The number of hydrogen-bond acceptors (Lipinski definition) is 4. The van der Waals surface area contributed by atoms with Crippen LogP contribution < -0.4 is 15.4 Å². The van der Waals surface area contributed by atoms with Gasteiger partial charge in [0.1, 0.15) is 5.75 Å². The molecule has 6 heteroatoms. The second kappa shape index (κ2) is 10.4. The highest BCUT2D eigenvalue weighted by molar-refractivity contribution is 5.97. The fourth-order valence-corrected chi connectivity index (χ4v) is 3.25. The van der Waals surface area contributed by atoms with Crippen LogP contribution >= 0.6 is 0 Å². The molecule has 0 saturated heterocycles. The number of ether oxygens (including phenoxy) is 1. The summed E-state index contributed by atoms with van der Waals surface area (Å²) >= 11 is 0. The molecule has 0 saturated carbocycles. The molecular weight excluding hydrogens is 414 g/mol. The lowest BCUT2D eigenvalue weighted by molar-refractivity contribution is -0.129. The molecule has 2 aromatic rings. The van der Waals surface area contributed by atoms with Crippen molar-refractivity contribution in [3.63, 3.8) is 0 Å². The first kappa shape index (κ1) is 25.7. The number of carbonyl (C=O) groups excluding carboxylic acids is 2. The summed E-state index contributed by atoms with van der Waals surface area (Å²) in [5.74, 6) is 0.147. The predicted octanol–water partition coefficient (Wildman–Crippen LogP) is 4.70. The van der Waals surface area contributed by atoms with E-state index in [1.165, 1.54) is 0 Å². The SMILES string of the molecule is C/C(=C/c1ccc(C#N)c(C(C)(C)NC(=O)C(C)Oc2ccccc2)c1)C(=O)NC(C)(C)C. The van der Waals surface area contributed by atoms with Gasteiger partial charge in [-0.25, -0.2) is 0 Å². The van der Waals surface area contributed by atoms with Gasteiger partial charge in [-0.1, -0.05) is 24.3 Å². The topological polar surface area (TPSA) is 91.2 Å². The Morgan fingerprint density at radius 3 is 2.24 bits per heavy atom. The zero-order valence-electron chi connectivity index (χ0n) is 20.4. The van der Waals surface area contributed by atoms with Crippen molar-refractivity contribution in [3.8, 4) is 11.8 Å². The molecule has 0 heterocycles. The van der Waals surface area contributed by atoms with E-state index in [-0.39, 0.29) is 17.4 Å². The Balaban J connectivity index is 2.26. The van der Waals surface area contributed by atoms with Crippen LogP contribution in [0.15, 0.2) is 54.1 Å². The van der Waals surface area contributed by atoms with E-state index in [9.17, 15) is 14.9 Å². The largest absolute Gasteiger partial charge is 0.481 e. The fraction of sp³-hybridized carbons (Fsp3) is 0.370.